The molecule has 0 amide bonds. The lowest BCUT2D eigenvalue weighted by Gasteiger charge is -2.21. The predicted molar refractivity (Wildman–Crippen MR) is 178 cm³/mol. The average Bonchev–Trinajstić information content (AvgIpc) is 3.57. The molecule has 0 saturated heterocycles. The molecule has 44 heavy (non-hydrogen) atoms. The van der Waals surface area contributed by atoms with Gasteiger partial charge in [-0.15, -0.1) is 0 Å². The third-order valence-corrected chi connectivity index (χ3v) is 9.15. The molecule has 0 unspecified atom stereocenters. The van der Waals surface area contributed by atoms with Crippen molar-refractivity contribution in [3.8, 4) is 45.3 Å². The molecule has 9 rings (SSSR count). The van der Waals surface area contributed by atoms with Gasteiger partial charge in [-0.05, 0) is 57.3 Å². The van der Waals surface area contributed by atoms with E-state index in [1.165, 1.54) is 22.3 Å². The lowest BCUT2D eigenvalue weighted by Crippen LogP contribution is -2.14. The number of furan rings is 1. The van der Waals surface area contributed by atoms with Crippen molar-refractivity contribution in [3.63, 3.8) is 0 Å². The van der Waals surface area contributed by atoms with Crippen LogP contribution in [0.5, 0.6) is 0 Å². The van der Waals surface area contributed by atoms with E-state index < -0.39 is 0 Å². The number of nitrogens with zero attached hydrogens (tertiary/aromatic N) is 3. The molecule has 0 spiro atoms. The second-order valence-corrected chi connectivity index (χ2v) is 12.0. The van der Waals surface area contributed by atoms with E-state index in [4.69, 9.17) is 19.4 Å². The van der Waals surface area contributed by atoms with Crippen molar-refractivity contribution < 1.29 is 4.42 Å². The van der Waals surface area contributed by atoms with E-state index in [2.05, 4.69) is 111 Å². The summed E-state index contributed by atoms with van der Waals surface area (Å²) in [6, 6.07) is 44.2. The van der Waals surface area contributed by atoms with Crippen LogP contribution < -0.4 is 0 Å². The first-order valence-corrected chi connectivity index (χ1v) is 15.0. The Bertz CT molecular complexity index is 2420. The van der Waals surface area contributed by atoms with E-state index >= 15 is 0 Å². The van der Waals surface area contributed by atoms with Gasteiger partial charge in [0.15, 0.2) is 17.5 Å². The fraction of sp³-hybridized carbons (Fsp3) is 0.0750. The molecule has 0 aliphatic heterocycles. The lowest BCUT2D eigenvalue weighted by molar-refractivity contribution is 0.660. The topological polar surface area (TPSA) is 51.8 Å². The van der Waals surface area contributed by atoms with Crippen molar-refractivity contribution in [2.24, 2.45) is 0 Å². The van der Waals surface area contributed by atoms with Crippen LogP contribution in [0.1, 0.15) is 25.0 Å². The Morgan fingerprint density at radius 1 is 0.455 bits per heavy atom. The first-order valence-electron chi connectivity index (χ1n) is 15.0. The molecule has 208 valence electrons. The third kappa shape index (κ3) is 3.61. The van der Waals surface area contributed by atoms with Gasteiger partial charge in [0, 0.05) is 32.9 Å². The first kappa shape index (κ1) is 24.9. The number of para-hydroxylation sites is 1. The SMILES string of the molecule is CC1(C)c2ccccc2-c2cc(-c3nc(-c4ccccc4)nc(-c4cccc5c4ccc4oc6ccccc6c45)n3)ccc21. The van der Waals surface area contributed by atoms with E-state index in [0.717, 1.165) is 49.4 Å². The Balaban J connectivity index is 1.28. The Morgan fingerprint density at radius 2 is 1.14 bits per heavy atom. The van der Waals surface area contributed by atoms with Gasteiger partial charge in [0.25, 0.3) is 0 Å². The van der Waals surface area contributed by atoms with E-state index in [1.807, 2.05) is 30.3 Å². The summed E-state index contributed by atoms with van der Waals surface area (Å²) in [6.07, 6.45) is 0. The molecule has 2 aromatic heterocycles. The van der Waals surface area contributed by atoms with Crippen molar-refractivity contribution in [2.75, 3.05) is 0 Å². The van der Waals surface area contributed by atoms with Gasteiger partial charge in [0.2, 0.25) is 0 Å². The van der Waals surface area contributed by atoms with Crippen LogP contribution in [-0.2, 0) is 5.41 Å². The molecule has 1 aliphatic carbocycles. The third-order valence-electron chi connectivity index (χ3n) is 9.15. The minimum Gasteiger partial charge on any atom is -0.456 e. The summed E-state index contributed by atoms with van der Waals surface area (Å²) in [7, 11) is 0. The fourth-order valence-electron chi connectivity index (χ4n) is 6.98. The molecule has 1 aliphatic rings. The molecule has 4 heteroatoms. The van der Waals surface area contributed by atoms with Crippen molar-refractivity contribution in [2.45, 2.75) is 19.3 Å². The number of rotatable bonds is 3. The van der Waals surface area contributed by atoms with E-state index in [-0.39, 0.29) is 5.41 Å². The summed E-state index contributed by atoms with van der Waals surface area (Å²) in [4.78, 5) is 15.3. The smallest absolute Gasteiger partial charge is 0.164 e. The van der Waals surface area contributed by atoms with Gasteiger partial charge < -0.3 is 4.42 Å². The molecular formula is C40H27N3O. The van der Waals surface area contributed by atoms with Gasteiger partial charge in [-0.3, -0.25) is 0 Å². The Morgan fingerprint density at radius 3 is 2.02 bits per heavy atom. The highest BCUT2D eigenvalue weighted by Crippen LogP contribution is 2.49. The molecule has 6 aromatic carbocycles. The zero-order valence-electron chi connectivity index (χ0n) is 24.4. The van der Waals surface area contributed by atoms with Crippen molar-refractivity contribution in [1.29, 1.82) is 0 Å². The molecule has 4 nitrogen and oxygen atoms in total. The fourth-order valence-corrected chi connectivity index (χ4v) is 6.98. The molecule has 0 atom stereocenters. The quantitative estimate of drug-likeness (QED) is 0.214. The molecule has 8 aromatic rings. The normalized spacial score (nSPS) is 13.4. The molecule has 0 bridgehead atoms. The number of benzene rings is 6. The molecule has 0 saturated carbocycles. The van der Waals surface area contributed by atoms with Gasteiger partial charge in [-0.1, -0.05) is 117 Å². The standard InChI is InChI=1S/C40H27N3O/c1-40(2)32-17-8-6-13-27(32)31-23-25(19-21-33(31)40)38-41-37(24-11-4-3-5-12-24)42-39(43-38)29-16-10-15-28-26(29)20-22-35-36(28)30-14-7-9-18-34(30)44-35/h3-23H,1-2H3. The van der Waals surface area contributed by atoms with Crippen LogP contribution in [-0.4, -0.2) is 15.0 Å². The number of fused-ring (bicyclic) bond motifs is 8. The molecular weight excluding hydrogens is 538 g/mol. The average molecular weight is 566 g/mol. The summed E-state index contributed by atoms with van der Waals surface area (Å²) in [5.41, 5.74) is 9.78. The highest BCUT2D eigenvalue weighted by atomic mass is 16.3. The maximum absolute atomic E-state index is 6.19. The highest BCUT2D eigenvalue weighted by molar-refractivity contribution is 6.20. The van der Waals surface area contributed by atoms with Crippen molar-refractivity contribution >= 4 is 32.7 Å². The minimum atomic E-state index is -0.0601. The second-order valence-electron chi connectivity index (χ2n) is 12.0. The van der Waals surface area contributed by atoms with Crippen LogP contribution in [0.3, 0.4) is 0 Å². The van der Waals surface area contributed by atoms with Gasteiger partial charge in [-0.25, -0.2) is 15.0 Å². The summed E-state index contributed by atoms with van der Waals surface area (Å²) < 4.78 is 6.19. The molecule has 0 N–H and O–H groups in total. The largest absolute Gasteiger partial charge is 0.456 e. The number of hydrogen-bond donors (Lipinski definition) is 0. The maximum atomic E-state index is 6.19. The summed E-state index contributed by atoms with van der Waals surface area (Å²) in [5.74, 6) is 1.96. The zero-order valence-corrected chi connectivity index (χ0v) is 24.4. The monoisotopic (exact) mass is 565 g/mol. The van der Waals surface area contributed by atoms with Crippen molar-refractivity contribution in [3.05, 3.63) is 139 Å². The minimum absolute atomic E-state index is 0.0601. The van der Waals surface area contributed by atoms with Crippen LogP contribution in [0.25, 0.3) is 78.0 Å². The molecule has 0 radical (unpaired) electrons. The van der Waals surface area contributed by atoms with Crippen LogP contribution >= 0.6 is 0 Å². The Labute approximate surface area is 254 Å². The van der Waals surface area contributed by atoms with Gasteiger partial charge >= 0.3 is 0 Å². The van der Waals surface area contributed by atoms with E-state index in [9.17, 15) is 0 Å². The second kappa shape index (κ2) is 9.19. The molecule has 0 fully saturated rings. The maximum Gasteiger partial charge on any atom is 0.164 e. The van der Waals surface area contributed by atoms with Crippen LogP contribution in [0.4, 0.5) is 0 Å². The number of hydrogen-bond acceptors (Lipinski definition) is 4. The molecule has 2 heterocycles. The van der Waals surface area contributed by atoms with Gasteiger partial charge in [0.1, 0.15) is 11.2 Å². The Hall–Kier alpha value is -5.61. The van der Waals surface area contributed by atoms with Crippen molar-refractivity contribution in [1.82, 2.24) is 15.0 Å². The number of aromatic nitrogens is 3. The zero-order chi connectivity index (χ0) is 29.4. The predicted octanol–water partition coefficient (Wildman–Crippen LogP) is 10.2. The van der Waals surface area contributed by atoms with E-state index in [1.54, 1.807) is 0 Å². The van der Waals surface area contributed by atoms with Crippen LogP contribution in [0.2, 0.25) is 0 Å². The Kier molecular flexibility index (Phi) is 5.21. The summed E-state index contributed by atoms with van der Waals surface area (Å²) in [5, 5.41) is 4.40. The summed E-state index contributed by atoms with van der Waals surface area (Å²) in [6.45, 7) is 4.60. The highest BCUT2D eigenvalue weighted by Gasteiger charge is 2.35. The van der Waals surface area contributed by atoms with Gasteiger partial charge in [0.05, 0.1) is 0 Å². The van der Waals surface area contributed by atoms with E-state index in [0.29, 0.717) is 17.5 Å². The first-order chi connectivity index (χ1) is 21.6. The van der Waals surface area contributed by atoms with Gasteiger partial charge in [-0.2, -0.15) is 0 Å². The summed E-state index contributed by atoms with van der Waals surface area (Å²) >= 11 is 0. The lowest BCUT2D eigenvalue weighted by atomic mass is 9.82. The van der Waals surface area contributed by atoms with Crippen LogP contribution in [0, 0.1) is 0 Å². The van der Waals surface area contributed by atoms with Crippen LogP contribution in [0.15, 0.2) is 132 Å².